The Bertz CT molecular complexity index is 1180. The zero-order valence-electron chi connectivity index (χ0n) is 17.2. The summed E-state index contributed by atoms with van der Waals surface area (Å²) in [7, 11) is 0. The lowest BCUT2D eigenvalue weighted by atomic mass is 10.1. The van der Waals surface area contributed by atoms with Crippen molar-refractivity contribution in [1.82, 2.24) is 0 Å². The van der Waals surface area contributed by atoms with E-state index < -0.39 is 24.4 Å². The van der Waals surface area contributed by atoms with Crippen molar-refractivity contribution < 1.29 is 28.7 Å². The number of Topliss-reactive ketones (excluding diaryl/α,β-unsaturated/α-hetero) is 1. The molecular weight excluding hydrogens is 410 g/mol. The molecule has 32 heavy (non-hydrogen) atoms. The van der Waals surface area contributed by atoms with E-state index in [1.165, 1.54) is 12.1 Å². The third-order valence-corrected chi connectivity index (χ3v) is 4.96. The van der Waals surface area contributed by atoms with E-state index in [-0.39, 0.29) is 17.0 Å². The van der Waals surface area contributed by atoms with Crippen LogP contribution in [0.2, 0.25) is 0 Å². The molecule has 7 heteroatoms. The molecule has 0 bridgehead atoms. The molecular formula is C25H19NO6. The third-order valence-electron chi connectivity index (χ3n) is 4.96. The first-order valence-electron chi connectivity index (χ1n) is 10.0. The maximum Gasteiger partial charge on any atom is 0.338 e. The number of ketones is 1. The van der Waals surface area contributed by atoms with Crippen LogP contribution < -0.4 is 9.64 Å². The Hall–Kier alpha value is -4.26. The summed E-state index contributed by atoms with van der Waals surface area (Å²) < 4.78 is 10.5. The van der Waals surface area contributed by atoms with E-state index >= 15 is 0 Å². The summed E-state index contributed by atoms with van der Waals surface area (Å²) >= 11 is 0. The molecule has 3 aromatic rings. The molecule has 1 aliphatic heterocycles. The van der Waals surface area contributed by atoms with Crippen molar-refractivity contribution >= 4 is 29.3 Å². The largest absolute Gasteiger partial charge is 0.494 e. The lowest BCUT2D eigenvalue weighted by Gasteiger charge is -2.14. The average Bonchev–Trinajstić information content (AvgIpc) is 3.08. The number of hydrogen-bond donors (Lipinski definition) is 0. The average molecular weight is 429 g/mol. The van der Waals surface area contributed by atoms with Gasteiger partial charge in [-0.1, -0.05) is 18.2 Å². The van der Waals surface area contributed by atoms with Crippen molar-refractivity contribution in [2.45, 2.75) is 6.92 Å². The quantitative estimate of drug-likeness (QED) is 0.321. The number of nitrogens with zero attached hydrogens (tertiary/aromatic N) is 1. The Balaban J connectivity index is 1.44. The van der Waals surface area contributed by atoms with Gasteiger partial charge in [0.1, 0.15) is 5.75 Å². The monoisotopic (exact) mass is 429 g/mol. The Morgan fingerprint density at radius 1 is 0.812 bits per heavy atom. The molecule has 0 saturated carbocycles. The van der Waals surface area contributed by atoms with Gasteiger partial charge in [0.25, 0.3) is 11.8 Å². The second-order valence-electron chi connectivity index (χ2n) is 7.00. The Morgan fingerprint density at radius 3 is 2.09 bits per heavy atom. The van der Waals surface area contributed by atoms with Gasteiger partial charge in [-0.15, -0.1) is 0 Å². The van der Waals surface area contributed by atoms with Gasteiger partial charge >= 0.3 is 5.97 Å². The van der Waals surface area contributed by atoms with Gasteiger partial charge in [-0.05, 0) is 61.5 Å². The number of amides is 2. The number of carbonyl (C=O) groups excluding carboxylic acids is 4. The van der Waals surface area contributed by atoms with Crippen LogP contribution in [-0.2, 0) is 4.74 Å². The summed E-state index contributed by atoms with van der Waals surface area (Å²) in [5, 5.41) is 0. The molecule has 0 unspecified atom stereocenters. The topological polar surface area (TPSA) is 90.0 Å². The summed E-state index contributed by atoms with van der Waals surface area (Å²) in [6.07, 6.45) is 0. The third kappa shape index (κ3) is 4.00. The minimum Gasteiger partial charge on any atom is -0.494 e. The molecule has 0 aromatic heterocycles. The highest BCUT2D eigenvalue weighted by Crippen LogP contribution is 2.28. The van der Waals surface area contributed by atoms with Crippen molar-refractivity contribution in [2.24, 2.45) is 0 Å². The second kappa shape index (κ2) is 8.85. The van der Waals surface area contributed by atoms with Crippen molar-refractivity contribution in [1.29, 1.82) is 0 Å². The molecule has 0 N–H and O–H groups in total. The molecule has 3 aromatic carbocycles. The Morgan fingerprint density at radius 2 is 1.47 bits per heavy atom. The molecule has 0 fully saturated rings. The molecule has 4 rings (SSSR count). The van der Waals surface area contributed by atoms with Crippen LogP contribution in [0.3, 0.4) is 0 Å². The lowest BCUT2D eigenvalue weighted by molar-refractivity contribution is 0.0474. The molecule has 0 atom stereocenters. The minimum atomic E-state index is -0.734. The zero-order chi connectivity index (χ0) is 22.7. The number of esters is 1. The van der Waals surface area contributed by atoms with Crippen LogP contribution in [0, 0.1) is 0 Å². The Labute approximate surface area is 184 Å². The standard InChI is InChI=1S/C25H19NO6/c1-2-31-19-12-10-16(11-13-19)22(27)15-32-25(30)17-6-5-7-18(14-17)26-23(28)20-8-3-4-9-21(20)24(26)29/h3-14H,2,15H2,1H3. The number of fused-ring (bicyclic) bond motifs is 1. The van der Waals surface area contributed by atoms with Crippen LogP contribution in [-0.4, -0.2) is 36.8 Å². The second-order valence-corrected chi connectivity index (χ2v) is 7.00. The van der Waals surface area contributed by atoms with Gasteiger partial charge in [-0.3, -0.25) is 14.4 Å². The summed E-state index contributed by atoms with van der Waals surface area (Å²) in [4.78, 5) is 51.1. The number of ether oxygens (including phenoxy) is 2. The van der Waals surface area contributed by atoms with E-state index in [0.717, 1.165) is 4.90 Å². The number of rotatable bonds is 7. The van der Waals surface area contributed by atoms with E-state index in [0.29, 0.717) is 29.0 Å². The number of carbonyl (C=O) groups is 4. The molecule has 0 spiro atoms. The first-order valence-corrected chi connectivity index (χ1v) is 10.0. The summed E-state index contributed by atoms with van der Waals surface area (Å²) in [6.45, 7) is 1.94. The molecule has 1 heterocycles. The Kier molecular flexibility index (Phi) is 5.81. The van der Waals surface area contributed by atoms with Crippen LogP contribution >= 0.6 is 0 Å². The fourth-order valence-electron chi connectivity index (χ4n) is 3.40. The first-order chi connectivity index (χ1) is 15.5. The van der Waals surface area contributed by atoms with E-state index in [4.69, 9.17) is 9.47 Å². The molecule has 0 radical (unpaired) electrons. The van der Waals surface area contributed by atoms with Crippen molar-refractivity contribution in [3.63, 3.8) is 0 Å². The van der Waals surface area contributed by atoms with Gasteiger partial charge in [0, 0.05) is 5.56 Å². The first kappa shape index (κ1) is 21.0. The van der Waals surface area contributed by atoms with Gasteiger partial charge < -0.3 is 9.47 Å². The maximum atomic E-state index is 12.7. The predicted octanol–water partition coefficient (Wildman–Crippen LogP) is 3.93. The van der Waals surface area contributed by atoms with Gasteiger partial charge in [0.2, 0.25) is 0 Å². The van der Waals surface area contributed by atoms with Gasteiger partial charge in [-0.25, -0.2) is 9.69 Å². The molecule has 7 nitrogen and oxygen atoms in total. The molecule has 0 aliphatic carbocycles. The highest BCUT2D eigenvalue weighted by atomic mass is 16.5. The highest BCUT2D eigenvalue weighted by molar-refractivity contribution is 6.34. The predicted molar refractivity (Wildman–Crippen MR) is 116 cm³/mol. The molecule has 2 amide bonds. The fraction of sp³-hybridized carbons (Fsp3) is 0.120. The van der Waals surface area contributed by atoms with Gasteiger partial charge in [0.15, 0.2) is 12.4 Å². The van der Waals surface area contributed by atoms with Gasteiger partial charge in [0.05, 0.1) is 29.0 Å². The van der Waals surface area contributed by atoms with Crippen molar-refractivity contribution in [2.75, 3.05) is 18.1 Å². The normalized spacial score (nSPS) is 12.5. The zero-order valence-corrected chi connectivity index (χ0v) is 17.2. The molecule has 0 saturated heterocycles. The van der Waals surface area contributed by atoms with E-state index in [9.17, 15) is 19.2 Å². The summed E-state index contributed by atoms with van der Waals surface area (Å²) in [6, 6.07) is 19.1. The molecule has 1 aliphatic rings. The summed E-state index contributed by atoms with van der Waals surface area (Å²) in [5.74, 6) is -1.37. The summed E-state index contributed by atoms with van der Waals surface area (Å²) in [5.41, 5.74) is 1.39. The smallest absolute Gasteiger partial charge is 0.338 e. The minimum absolute atomic E-state index is 0.124. The van der Waals surface area contributed by atoms with Crippen LogP contribution in [0.5, 0.6) is 5.75 Å². The number of anilines is 1. The number of benzene rings is 3. The van der Waals surface area contributed by atoms with Crippen LogP contribution in [0.1, 0.15) is 48.4 Å². The lowest BCUT2D eigenvalue weighted by Crippen LogP contribution is -2.29. The number of hydrogen-bond acceptors (Lipinski definition) is 6. The van der Waals surface area contributed by atoms with Crippen LogP contribution in [0.25, 0.3) is 0 Å². The fourth-order valence-corrected chi connectivity index (χ4v) is 3.40. The van der Waals surface area contributed by atoms with Crippen molar-refractivity contribution in [3.05, 3.63) is 95.1 Å². The van der Waals surface area contributed by atoms with Crippen LogP contribution in [0.4, 0.5) is 5.69 Å². The van der Waals surface area contributed by atoms with Gasteiger partial charge in [-0.2, -0.15) is 0 Å². The van der Waals surface area contributed by atoms with Crippen molar-refractivity contribution in [3.8, 4) is 5.75 Å². The number of imide groups is 1. The van der Waals surface area contributed by atoms with E-state index in [2.05, 4.69) is 0 Å². The van der Waals surface area contributed by atoms with E-state index in [1.54, 1.807) is 60.7 Å². The SMILES string of the molecule is CCOc1ccc(C(=O)COC(=O)c2cccc(N3C(=O)c4ccccc4C3=O)c2)cc1. The highest BCUT2D eigenvalue weighted by Gasteiger charge is 2.36. The van der Waals surface area contributed by atoms with E-state index in [1.807, 2.05) is 6.92 Å². The maximum absolute atomic E-state index is 12.7. The van der Waals surface area contributed by atoms with Crippen LogP contribution in [0.15, 0.2) is 72.8 Å². The molecule has 160 valence electrons.